The van der Waals surface area contributed by atoms with Gasteiger partial charge < -0.3 is 0 Å². The number of nitrogens with zero attached hydrogens (tertiary/aromatic N) is 2. The smallest absolute Gasteiger partial charge is 0.258 e. The van der Waals surface area contributed by atoms with Crippen LogP contribution in [0.2, 0.25) is 15.1 Å². The van der Waals surface area contributed by atoms with Gasteiger partial charge >= 0.3 is 0 Å². The van der Waals surface area contributed by atoms with Crippen molar-refractivity contribution in [1.82, 2.24) is 0 Å². The average Bonchev–Trinajstić information content (AvgIpc) is 2.67. The highest BCUT2D eigenvalue weighted by Crippen LogP contribution is 2.39. The maximum Gasteiger partial charge on any atom is 0.270 e. The van der Waals surface area contributed by atoms with Crippen molar-refractivity contribution in [2.45, 2.75) is 4.90 Å². The van der Waals surface area contributed by atoms with E-state index in [9.17, 15) is 18.5 Å². The predicted molar refractivity (Wildman–Crippen MR) is 110 cm³/mol. The van der Waals surface area contributed by atoms with Gasteiger partial charge in [-0.15, -0.1) is 0 Å². The molecule has 0 bridgehead atoms. The fourth-order valence-corrected chi connectivity index (χ4v) is 4.61. The molecule has 0 aliphatic carbocycles. The molecule has 0 aliphatic rings. The lowest BCUT2D eigenvalue weighted by Gasteiger charge is -2.25. The molecular formula is C18H11Cl3N2O4S. The molecule has 0 heterocycles. The second kappa shape index (κ2) is 7.97. The first kappa shape index (κ1) is 20.4. The highest BCUT2D eigenvalue weighted by Gasteiger charge is 2.29. The molecule has 0 spiro atoms. The minimum atomic E-state index is -4.24. The number of sulfonamides is 1. The normalized spacial score (nSPS) is 11.2. The summed E-state index contributed by atoms with van der Waals surface area (Å²) in [6, 6.07) is 15.7. The number of halogens is 3. The van der Waals surface area contributed by atoms with Gasteiger partial charge in [0.05, 0.1) is 36.3 Å². The van der Waals surface area contributed by atoms with E-state index in [0.29, 0.717) is 5.69 Å². The van der Waals surface area contributed by atoms with Gasteiger partial charge in [0.2, 0.25) is 0 Å². The van der Waals surface area contributed by atoms with Crippen molar-refractivity contribution < 1.29 is 13.3 Å². The lowest BCUT2D eigenvalue weighted by Crippen LogP contribution is -2.26. The van der Waals surface area contributed by atoms with E-state index >= 15 is 0 Å². The highest BCUT2D eigenvalue weighted by atomic mass is 35.5. The summed E-state index contributed by atoms with van der Waals surface area (Å²) < 4.78 is 27.8. The quantitative estimate of drug-likeness (QED) is 0.264. The molecule has 0 amide bonds. The topological polar surface area (TPSA) is 80.5 Å². The van der Waals surface area contributed by atoms with E-state index in [0.717, 1.165) is 10.4 Å². The number of nitro benzene ring substituents is 1. The molecule has 10 heteroatoms. The zero-order chi connectivity index (χ0) is 20.5. The Hall–Kier alpha value is -2.32. The standard InChI is InChI=1S/C18H11Cl3N2O4S/c19-16-10-14(11-17(20)18(16)21)22(12-5-2-1-3-6-12)28(26,27)15-8-4-7-13(9-15)23(24)25/h1-11H. The van der Waals surface area contributed by atoms with Crippen molar-refractivity contribution in [2.75, 3.05) is 4.31 Å². The van der Waals surface area contributed by atoms with E-state index in [1.807, 2.05) is 0 Å². The predicted octanol–water partition coefficient (Wildman–Crippen LogP) is 6.08. The Labute approximate surface area is 176 Å². The lowest BCUT2D eigenvalue weighted by molar-refractivity contribution is -0.385. The number of rotatable bonds is 5. The van der Waals surface area contributed by atoms with E-state index in [2.05, 4.69) is 0 Å². The van der Waals surface area contributed by atoms with Crippen LogP contribution in [-0.4, -0.2) is 13.3 Å². The molecule has 0 unspecified atom stereocenters. The van der Waals surface area contributed by atoms with Crippen LogP contribution in [0.3, 0.4) is 0 Å². The zero-order valence-electron chi connectivity index (χ0n) is 13.9. The summed E-state index contributed by atoms with van der Waals surface area (Å²) >= 11 is 18.2. The van der Waals surface area contributed by atoms with Crippen LogP contribution in [0.15, 0.2) is 71.6 Å². The van der Waals surface area contributed by atoms with Gasteiger partial charge in [-0.05, 0) is 30.3 Å². The van der Waals surface area contributed by atoms with Crippen molar-refractivity contribution in [2.24, 2.45) is 0 Å². The number of para-hydroxylation sites is 1. The number of hydrogen-bond donors (Lipinski definition) is 0. The van der Waals surface area contributed by atoms with Crippen LogP contribution in [-0.2, 0) is 10.0 Å². The molecule has 144 valence electrons. The van der Waals surface area contributed by atoms with E-state index in [-0.39, 0.29) is 31.3 Å². The highest BCUT2D eigenvalue weighted by molar-refractivity contribution is 7.93. The fourth-order valence-electron chi connectivity index (χ4n) is 2.51. The Morgan fingerprint density at radius 2 is 1.43 bits per heavy atom. The molecule has 0 radical (unpaired) electrons. The van der Waals surface area contributed by atoms with Gasteiger partial charge in [0.15, 0.2) is 0 Å². The molecule has 0 saturated carbocycles. The van der Waals surface area contributed by atoms with Gasteiger partial charge in [-0.1, -0.05) is 59.1 Å². The molecule has 3 rings (SSSR count). The SMILES string of the molecule is O=[N+]([O-])c1cccc(S(=O)(=O)N(c2ccccc2)c2cc(Cl)c(Cl)c(Cl)c2)c1. The third-order valence-electron chi connectivity index (χ3n) is 3.76. The molecule has 3 aromatic rings. The zero-order valence-corrected chi connectivity index (χ0v) is 17.0. The second-order valence-electron chi connectivity index (χ2n) is 5.58. The fraction of sp³-hybridized carbons (Fsp3) is 0. The van der Waals surface area contributed by atoms with Crippen molar-refractivity contribution in [3.63, 3.8) is 0 Å². The molecule has 0 aromatic heterocycles. The third kappa shape index (κ3) is 3.93. The van der Waals surface area contributed by atoms with Gasteiger partial charge in [0.1, 0.15) is 0 Å². The van der Waals surface area contributed by atoms with Crippen molar-refractivity contribution >= 4 is 61.9 Å². The molecule has 28 heavy (non-hydrogen) atoms. The van der Waals surface area contributed by atoms with Crippen molar-refractivity contribution in [3.8, 4) is 0 Å². The van der Waals surface area contributed by atoms with Gasteiger partial charge in [-0.3, -0.25) is 10.1 Å². The van der Waals surface area contributed by atoms with Crippen LogP contribution in [0.25, 0.3) is 0 Å². The minimum Gasteiger partial charge on any atom is -0.258 e. The van der Waals surface area contributed by atoms with Gasteiger partial charge in [0.25, 0.3) is 15.7 Å². The molecule has 0 saturated heterocycles. The summed E-state index contributed by atoms with van der Waals surface area (Å²) in [5, 5.41) is 11.3. The first-order valence-electron chi connectivity index (χ1n) is 7.71. The second-order valence-corrected chi connectivity index (χ2v) is 8.56. The van der Waals surface area contributed by atoms with Crippen LogP contribution in [0.1, 0.15) is 0 Å². The Kier molecular flexibility index (Phi) is 5.81. The van der Waals surface area contributed by atoms with Crippen LogP contribution in [0.5, 0.6) is 0 Å². The molecule has 0 N–H and O–H groups in total. The summed E-state index contributed by atoms with van der Waals surface area (Å²) in [4.78, 5) is 10.1. The summed E-state index contributed by atoms with van der Waals surface area (Å²) in [6.45, 7) is 0. The summed E-state index contributed by atoms with van der Waals surface area (Å²) in [6.07, 6.45) is 0. The van der Waals surface area contributed by atoms with Crippen molar-refractivity contribution in [3.05, 3.63) is 91.9 Å². The maximum absolute atomic E-state index is 13.4. The molecule has 0 atom stereocenters. The minimum absolute atomic E-state index is 0.0688. The van der Waals surface area contributed by atoms with Crippen LogP contribution in [0.4, 0.5) is 17.1 Å². The Balaban J connectivity index is 2.26. The van der Waals surface area contributed by atoms with Gasteiger partial charge in [0, 0.05) is 12.1 Å². The Morgan fingerprint density at radius 1 is 0.821 bits per heavy atom. The third-order valence-corrected chi connectivity index (χ3v) is 6.71. The van der Waals surface area contributed by atoms with Crippen LogP contribution in [0, 0.1) is 10.1 Å². The van der Waals surface area contributed by atoms with E-state index < -0.39 is 14.9 Å². The van der Waals surface area contributed by atoms with E-state index in [1.54, 1.807) is 30.3 Å². The van der Waals surface area contributed by atoms with Crippen LogP contribution < -0.4 is 4.31 Å². The number of benzene rings is 3. The van der Waals surface area contributed by atoms with Gasteiger partial charge in [-0.25, -0.2) is 12.7 Å². The largest absolute Gasteiger partial charge is 0.270 e. The number of hydrogen-bond acceptors (Lipinski definition) is 4. The van der Waals surface area contributed by atoms with Crippen molar-refractivity contribution in [1.29, 1.82) is 0 Å². The summed E-state index contributed by atoms with van der Waals surface area (Å²) in [5.74, 6) is 0. The monoisotopic (exact) mass is 456 g/mol. The average molecular weight is 458 g/mol. The summed E-state index contributed by atoms with van der Waals surface area (Å²) in [5.41, 5.74) is 0.0850. The molecule has 6 nitrogen and oxygen atoms in total. The van der Waals surface area contributed by atoms with E-state index in [4.69, 9.17) is 34.8 Å². The number of anilines is 2. The number of nitro groups is 1. The van der Waals surface area contributed by atoms with E-state index in [1.165, 1.54) is 30.3 Å². The molecule has 0 aliphatic heterocycles. The first-order chi connectivity index (χ1) is 13.2. The Morgan fingerprint density at radius 3 is 2.00 bits per heavy atom. The first-order valence-corrected chi connectivity index (χ1v) is 10.3. The lowest BCUT2D eigenvalue weighted by atomic mass is 10.2. The van der Waals surface area contributed by atoms with Gasteiger partial charge in [-0.2, -0.15) is 0 Å². The molecule has 0 fully saturated rings. The maximum atomic E-state index is 13.4. The molecular weight excluding hydrogens is 447 g/mol. The Bertz CT molecular complexity index is 1130. The number of non-ortho nitro benzene ring substituents is 1. The molecule has 3 aromatic carbocycles. The van der Waals surface area contributed by atoms with Crippen LogP contribution >= 0.6 is 34.8 Å². The summed E-state index contributed by atoms with van der Waals surface area (Å²) in [7, 11) is -4.24.